The van der Waals surface area contributed by atoms with Crippen molar-refractivity contribution >= 4 is 5.78 Å². The Morgan fingerprint density at radius 2 is 1.95 bits per heavy atom. The number of nitrogens with zero attached hydrogens (tertiary/aromatic N) is 1. The molecular weight excluding hydrogens is 268 g/mol. The monoisotopic (exact) mass is 292 g/mol. The molecule has 2 rings (SSSR count). The van der Waals surface area contributed by atoms with Crippen LogP contribution in [0.1, 0.15) is 31.1 Å². The van der Waals surface area contributed by atoms with E-state index >= 15 is 0 Å². The van der Waals surface area contributed by atoms with Crippen LogP contribution in [0.25, 0.3) is 0 Å². The second kappa shape index (κ2) is 6.91. The zero-order chi connectivity index (χ0) is 15.4. The summed E-state index contributed by atoms with van der Waals surface area (Å²) in [5.74, 6) is 0.556. The van der Waals surface area contributed by atoms with Crippen LogP contribution in [0.2, 0.25) is 0 Å². The number of nitrogens with one attached hydrogen (secondary N) is 1. The molecule has 0 aliphatic carbocycles. The van der Waals surface area contributed by atoms with Gasteiger partial charge in [0.25, 0.3) is 0 Å². The molecule has 5 nitrogen and oxygen atoms in total. The van der Waals surface area contributed by atoms with Crippen molar-refractivity contribution in [3.63, 3.8) is 0 Å². The fourth-order valence-electron chi connectivity index (χ4n) is 2.52. The smallest absolute Gasteiger partial charge is 0.183 e. The molecule has 0 saturated carbocycles. The Bertz CT molecular complexity index is 496. The number of piperazine rings is 1. The Morgan fingerprint density at radius 1 is 1.29 bits per heavy atom. The van der Waals surface area contributed by atoms with Crippen molar-refractivity contribution < 1.29 is 14.6 Å². The minimum absolute atomic E-state index is 0.0121. The molecule has 0 radical (unpaired) electrons. The van der Waals surface area contributed by atoms with E-state index in [0.29, 0.717) is 11.3 Å². The van der Waals surface area contributed by atoms with Crippen LogP contribution >= 0.6 is 0 Å². The van der Waals surface area contributed by atoms with Gasteiger partial charge < -0.3 is 15.2 Å². The van der Waals surface area contributed by atoms with E-state index in [9.17, 15) is 9.90 Å². The largest absolute Gasteiger partial charge is 0.507 e. The lowest BCUT2D eigenvalue weighted by atomic mass is 10.0. The van der Waals surface area contributed by atoms with Gasteiger partial charge in [-0.25, -0.2) is 0 Å². The van der Waals surface area contributed by atoms with Crippen molar-refractivity contribution in [3.8, 4) is 11.5 Å². The zero-order valence-electron chi connectivity index (χ0n) is 12.9. The van der Waals surface area contributed by atoms with Crippen LogP contribution in [0, 0.1) is 0 Å². The summed E-state index contributed by atoms with van der Waals surface area (Å²) < 4.78 is 5.60. The molecule has 1 aliphatic heterocycles. The number of hydrogen-bond acceptors (Lipinski definition) is 5. The molecule has 1 unspecified atom stereocenters. The zero-order valence-corrected chi connectivity index (χ0v) is 12.9. The third-order valence-electron chi connectivity index (χ3n) is 3.68. The number of benzene rings is 1. The Labute approximate surface area is 125 Å². The molecule has 0 amide bonds. The van der Waals surface area contributed by atoms with Crippen molar-refractivity contribution in [1.29, 1.82) is 0 Å². The lowest BCUT2D eigenvalue weighted by molar-refractivity contribution is 0.0816. The minimum atomic E-state index is -0.243. The number of hydrogen-bond donors (Lipinski definition) is 2. The molecule has 21 heavy (non-hydrogen) atoms. The minimum Gasteiger partial charge on any atom is -0.507 e. The highest BCUT2D eigenvalue weighted by Crippen LogP contribution is 2.26. The van der Waals surface area contributed by atoms with Crippen LogP contribution in [0.5, 0.6) is 11.5 Å². The number of carbonyl (C=O) groups is 1. The molecule has 1 aliphatic rings. The van der Waals surface area contributed by atoms with Crippen LogP contribution in [0.4, 0.5) is 0 Å². The predicted molar refractivity (Wildman–Crippen MR) is 82.1 cm³/mol. The maximum absolute atomic E-state index is 12.6. The molecule has 0 bridgehead atoms. The van der Waals surface area contributed by atoms with Gasteiger partial charge in [-0.2, -0.15) is 0 Å². The summed E-state index contributed by atoms with van der Waals surface area (Å²) in [7, 11) is 0. The molecule has 0 aromatic heterocycles. The van der Waals surface area contributed by atoms with Crippen molar-refractivity contribution in [2.45, 2.75) is 32.9 Å². The van der Waals surface area contributed by atoms with Gasteiger partial charge >= 0.3 is 0 Å². The number of ether oxygens (including phenoxy) is 1. The quantitative estimate of drug-likeness (QED) is 0.808. The molecule has 5 heteroatoms. The molecule has 116 valence electrons. The Morgan fingerprint density at radius 3 is 2.57 bits per heavy atom. The lowest BCUT2D eigenvalue weighted by Crippen LogP contribution is -2.50. The van der Waals surface area contributed by atoms with Crippen molar-refractivity contribution in [2.75, 3.05) is 26.2 Å². The van der Waals surface area contributed by atoms with Gasteiger partial charge in [-0.1, -0.05) is 0 Å². The highest BCUT2D eigenvalue weighted by Gasteiger charge is 2.25. The second-order valence-electron chi connectivity index (χ2n) is 5.67. The first-order chi connectivity index (χ1) is 9.99. The van der Waals surface area contributed by atoms with Crippen LogP contribution in [-0.4, -0.2) is 54.1 Å². The number of ketones is 1. The van der Waals surface area contributed by atoms with Crippen LogP contribution in [0.3, 0.4) is 0 Å². The highest BCUT2D eigenvalue weighted by atomic mass is 16.5. The average molecular weight is 292 g/mol. The van der Waals surface area contributed by atoms with Gasteiger partial charge in [0.15, 0.2) is 5.78 Å². The van der Waals surface area contributed by atoms with Gasteiger partial charge in [0.1, 0.15) is 11.5 Å². The number of Topliss-reactive ketones (excluding diaryl/α,β-unsaturated/α-hetero) is 1. The number of phenols is 1. The van der Waals surface area contributed by atoms with E-state index < -0.39 is 0 Å². The molecule has 1 aromatic carbocycles. The topological polar surface area (TPSA) is 61.8 Å². The van der Waals surface area contributed by atoms with E-state index in [4.69, 9.17) is 4.74 Å². The fourth-order valence-corrected chi connectivity index (χ4v) is 2.52. The summed E-state index contributed by atoms with van der Waals surface area (Å²) in [4.78, 5) is 14.8. The van der Waals surface area contributed by atoms with Crippen LogP contribution < -0.4 is 10.1 Å². The first kappa shape index (κ1) is 15.8. The van der Waals surface area contributed by atoms with Crippen molar-refractivity contribution in [3.05, 3.63) is 23.8 Å². The second-order valence-corrected chi connectivity index (χ2v) is 5.67. The van der Waals surface area contributed by atoms with Gasteiger partial charge in [0.05, 0.1) is 17.7 Å². The van der Waals surface area contributed by atoms with Crippen molar-refractivity contribution in [1.82, 2.24) is 10.2 Å². The van der Waals surface area contributed by atoms with Gasteiger partial charge in [0, 0.05) is 26.2 Å². The molecule has 1 aromatic rings. The summed E-state index contributed by atoms with van der Waals surface area (Å²) in [5.41, 5.74) is 0.333. The predicted octanol–water partition coefficient (Wildman–Crippen LogP) is 1.66. The standard InChI is InChI=1S/C16H24N2O3/c1-11(2)21-13-4-5-15(19)14(10-13)16(20)12(3)18-8-6-17-7-9-18/h4-5,10-12,17,19H,6-9H2,1-3H3. The van der Waals surface area contributed by atoms with Crippen LogP contribution in [0.15, 0.2) is 18.2 Å². The summed E-state index contributed by atoms with van der Waals surface area (Å²) in [6, 6.07) is 4.60. The fraction of sp³-hybridized carbons (Fsp3) is 0.562. The summed E-state index contributed by atoms with van der Waals surface area (Å²) >= 11 is 0. The van der Waals surface area contributed by atoms with Gasteiger partial charge in [-0.15, -0.1) is 0 Å². The molecule has 1 fully saturated rings. The first-order valence-electron chi connectivity index (χ1n) is 7.47. The van der Waals surface area contributed by atoms with Gasteiger partial charge in [0.2, 0.25) is 0 Å². The molecule has 0 spiro atoms. The van der Waals surface area contributed by atoms with E-state index in [2.05, 4.69) is 10.2 Å². The summed E-state index contributed by atoms with van der Waals surface area (Å²) in [5, 5.41) is 13.2. The molecule has 1 heterocycles. The van der Waals surface area contributed by atoms with E-state index in [-0.39, 0.29) is 23.7 Å². The molecule has 2 N–H and O–H groups in total. The van der Waals surface area contributed by atoms with Crippen LogP contribution in [-0.2, 0) is 0 Å². The van der Waals surface area contributed by atoms with E-state index in [1.165, 1.54) is 6.07 Å². The molecule has 1 atom stereocenters. The Kier molecular flexibility index (Phi) is 5.20. The van der Waals surface area contributed by atoms with Crippen molar-refractivity contribution in [2.24, 2.45) is 0 Å². The number of rotatable bonds is 5. The Balaban J connectivity index is 2.16. The molecule has 1 saturated heterocycles. The SMILES string of the molecule is CC(C)Oc1ccc(O)c(C(=O)C(C)N2CCNCC2)c1. The van der Waals surface area contributed by atoms with E-state index in [0.717, 1.165) is 26.2 Å². The highest BCUT2D eigenvalue weighted by molar-refractivity contribution is 6.02. The van der Waals surface area contributed by atoms with E-state index in [1.54, 1.807) is 12.1 Å². The number of carbonyl (C=O) groups excluding carboxylic acids is 1. The maximum Gasteiger partial charge on any atom is 0.183 e. The van der Waals surface area contributed by atoms with E-state index in [1.807, 2.05) is 20.8 Å². The summed E-state index contributed by atoms with van der Waals surface area (Å²) in [6.07, 6.45) is 0.0306. The Hall–Kier alpha value is -1.59. The molecular formula is C16H24N2O3. The van der Waals surface area contributed by atoms with Gasteiger partial charge in [-0.05, 0) is 39.0 Å². The summed E-state index contributed by atoms with van der Waals surface area (Å²) in [6.45, 7) is 9.21. The maximum atomic E-state index is 12.6. The third-order valence-corrected chi connectivity index (χ3v) is 3.68. The third kappa shape index (κ3) is 3.95. The normalized spacial score (nSPS) is 17.7. The number of phenolic OH excluding ortho intramolecular Hbond substituents is 1. The lowest BCUT2D eigenvalue weighted by Gasteiger charge is -2.32. The van der Waals surface area contributed by atoms with Gasteiger partial charge in [-0.3, -0.25) is 9.69 Å². The first-order valence-corrected chi connectivity index (χ1v) is 7.47. The number of aromatic hydroxyl groups is 1. The average Bonchev–Trinajstić information content (AvgIpc) is 2.48.